The van der Waals surface area contributed by atoms with Gasteiger partial charge in [0.1, 0.15) is 10.1 Å². The first-order valence-corrected chi connectivity index (χ1v) is 6.93. The fraction of sp³-hybridized carbons (Fsp3) is 0.400. The van der Waals surface area contributed by atoms with Crippen LogP contribution in [0.4, 0.5) is 0 Å². The van der Waals surface area contributed by atoms with Crippen LogP contribution in [0.15, 0.2) is 30.9 Å². The topological polar surface area (TPSA) is 35.5 Å². The zero-order valence-electron chi connectivity index (χ0n) is 11.6. The van der Waals surface area contributed by atoms with E-state index in [-0.39, 0.29) is 0 Å². The van der Waals surface area contributed by atoms with E-state index in [4.69, 9.17) is 32.7 Å². The van der Waals surface area contributed by atoms with E-state index in [2.05, 4.69) is 6.58 Å². The van der Waals surface area contributed by atoms with Gasteiger partial charge in [-0.2, -0.15) is 0 Å². The summed E-state index contributed by atoms with van der Waals surface area (Å²) >= 11 is 12.4. The van der Waals surface area contributed by atoms with Crippen LogP contribution in [-0.2, 0) is 11.2 Å². The second-order valence-corrected chi connectivity index (χ2v) is 5.97. The van der Waals surface area contributed by atoms with E-state index in [9.17, 15) is 4.79 Å². The minimum absolute atomic E-state index is 0.405. The molecule has 0 radical (unpaired) electrons. The van der Waals surface area contributed by atoms with Gasteiger partial charge in [-0.15, -0.1) is 29.8 Å². The summed E-state index contributed by atoms with van der Waals surface area (Å²) in [6, 6.07) is 5.23. The van der Waals surface area contributed by atoms with Gasteiger partial charge in [0, 0.05) is 5.56 Å². The van der Waals surface area contributed by atoms with Gasteiger partial charge in [0.25, 0.3) is 0 Å². The van der Waals surface area contributed by atoms with Crippen LogP contribution in [0.3, 0.4) is 0 Å². The quantitative estimate of drug-likeness (QED) is 0.430. The van der Waals surface area contributed by atoms with Crippen LogP contribution >= 0.6 is 23.2 Å². The van der Waals surface area contributed by atoms with E-state index in [1.54, 1.807) is 31.4 Å². The van der Waals surface area contributed by atoms with E-state index in [1.165, 1.54) is 7.11 Å². The summed E-state index contributed by atoms with van der Waals surface area (Å²) in [6.07, 6.45) is 3.13. The molecule has 0 saturated carbocycles. The number of carbonyl (C=O) groups is 1. The monoisotopic (exact) mass is 316 g/mol. The molecular formula is C15H18Cl2O3. The molecule has 0 heterocycles. The molecule has 0 bridgehead atoms. The molecule has 3 nitrogen and oxygen atoms in total. The maximum absolute atomic E-state index is 11.8. The highest BCUT2D eigenvalue weighted by Gasteiger charge is 2.24. The van der Waals surface area contributed by atoms with Crippen LogP contribution in [0.1, 0.15) is 28.8 Å². The van der Waals surface area contributed by atoms with Gasteiger partial charge in [-0.25, -0.2) is 4.79 Å². The number of allylic oxidation sites excluding steroid dienone is 1. The third kappa shape index (κ3) is 4.43. The molecule has 0 aliphatic rings. The summed E-state index contributed by atoms with van der Waals surface area (Å²) < 4.78 is 9.16. The molecule has 110 valence electrons. The van der Waals surface area contributed by atoms with Crippen LogP contribution in [0, 0.1) is 0 Å². The van der Waals surface area contributed by atoms with Crippen molar-refractivity contribution in [3.05, 3.63) is 42.0 Å². The number of methoxy groups -OCH3 is 2. The smallest absolute Gasteiger partial charge is 0.338 e. The third-order valence-corrected chi connectivity index (χ3v) is 3.63. The van der Waals surface area contributed by atoms with Gasteiger partial charge in [-0.05, 0) is 31.4 Å². The maximum atomic E-state index is 11.8. The first-order valence-electron chi connectivity index (χ1n) is 6.18. The summed E-state index contributed by atoms with van der Waals surface area (Å²) in [5, 5.41) is 0. The molecule has 1 aromatic rings. The Labute approximate surface area is 129 Å². The third-order valence-electron chi connectivity index (χ3n) is 2.94. The Bertz CT molecular complexity index is 484. The lowest BCUT2D eigenvalue weighted by Gasteiger charge is -2.19. The first kappa shape index (κ1) is 16.9. The van der Waals surface area contributed by atoms with Crippen molar-refractivity contribution >= 4 is 29.2 Å². The highest BCUT2D eigenvalue weighted by molar-refractivity contribution is 6.48. The SMILES string of the molecule is C=CCC(Cl)(Cl)CCc1c(OC)cccc1C(=O)OC. The predicted molar refractivity (Wildman–Crippen MR) is 81.9 cm³/mol. The molecule has 0 atom stereocenters. The minimum atomic E-state index is -0.907. The first-order chi connectivity index (χ1) is 9.45. The van der Waals surface area contributed by atoms with Crippen molar-refractivity contribution < 1.29 is 14.3 Å². The number of alkyl halides is 2. The molecule has 0 fully saturated rings. The van der Waals surface area contributed by atoms with E-state index < -0.39 is 10.3 Å². The minimum Gasteiger partial charge on any atom is -0.496 e. The van der Waals surface area contributed by atoms with Crippen LogP contribution in [-0.4, -0.2) is 24.5 Å². The van der Waals surface area contributed by atoms with E-state index >= 15 is 0 Å². The normalized spacial score (nSPS) is 11.0. The average molecular weight is 317 g/mol. The van der Waals surface area contributed by atoms with Crippen LogP contribution in [0.5, 0.6) is 5.75 Å². The Morgan fingerprint density at radius 1 is 1.40 bits per heavy atom. The van der Waals surface area contributed by atoms with Gasteiger partial charge in [-0.1, -0.05) is 12.1 Å². The summed E-state index contributed by atoms with van der Waals surface area (Å²) in [5.41, 5.74) is 1.21. The number of halogens is 2. The maximum Gasteiger partial charge on any atom is 0.338 e. The van der Waals surface area contributed by atoms with Crippen molar-refractivity contribution in [2.24, 2.45) is 0 Å². The number of esters is 1. The van der Waals surface area contributed by atoms with Gasteiger partial charge in [-0.3, -0.25) is 0 Å². The van der Waals surface area contributed by atoms with Gasteiger partial charge in [0.05, 0.1) is 19.8 Å². The highest BCUT2D eigenvalue weighted by Crippen LogP contribution is 2.34. The molecular weight excluding hydrogens is 299 g/mol. The lowest BCUT2D eigenvalue weighted by Crippen LogP contribution is -2.15. The van der Waals surface area contributed by atoms with Gasteiger partial charge in [0.2, 0.25) is 0 Å². The number of hydrogen-bond donors (Lipinski definition) is 0. The Kier molecular flexibility index (Phi) is 6.37. The average Bonchev–Trinajstić information content (AvgIpc) is 2.43. The van der Waals surface area contributed by atoms with E-state index in [0.717, 1.165) is 5.56 Å². The molecule has 1 rings (SSSR count). The van der Waals surface area contributed by atoms with E-state index in [1.807, 2.05) is 0 Å². The van der Waals surface area contributed by atoms with Gasteiger partial charge >= 0.3 is 5.97 Å². The highest BCUT2D eigenvalue weighted by atomic mass is 35.5. The number of benzene rings is 1. The summed E-state index contributed by atoms with van der Waals surface area (Å²) in [7, 11) is 2.90. The fourth-order valence-electron chi connectivity index (χ4n) is 1.94. The fourth-order valence-corrected chi connectivity index (χ4v) is 2.34. The predicted octanol–water partition coefficient (Wildman–Crippen LogP) is 4.16. The molecule has 0 unspecified atom stereocenters. The molecule has 0 saturated heterocycles. The molecule has 20 heavy (non-hydrogen) atoms. The number of rotatable bonds is 7. The number of hydrogen-bond acceptors (Lipinski definition) is 3. The Hall–Kier alpha value is -1.19. The van der Waals surface area contributed by atoms with Crippen LogP contribution in [0.2, 0.25) is 0 Å². The van der Waals surface area contributed by atoms with Crippen molar-refractivity contribution in [3.8, 4) is 5.75 Å². The summed E-state index contributed by atoms with van der Waals surface area (Å²) in [4.78, 5) is 11.8. The molecule has 0 aliphatic heterocycles. The second kappa shape index (κ2) is 7.55. The van der Waals surface area contributed by atoms with Crippen molar-refractivity contribution in [1.29, 1.82) is 0 Å². The largest absolute Gasteiger partial charge is 0.496 e. The van der Waals surface area contributed by atoms with Crippen molar-refractivity contribution in [2.45, 2.75) is 23.6 Å². The number of ether oxygens (including phenoxy) is 2. The zero-order valence-corrected chi connectivity index (χ0v) is 13.1. The van der Waals surface area contributed by atoms with Crippen molar-refractivity contribution in [2.75, 3.05) is 14.2 Å². The lowest BCUT2D eigenvalue weighted by atomic mass is 9.99. The van der Waals surface area contributed by atoms with Crippen molar-refractivity contribution in [3.63, 3.8) is 0 Å². The Morgan fingerprint density at radius 3 is 2.65 bits per heavy atom. The van der Waals surface area contributed by atoms with Gasteiger partial charge < -0.3 is 9.47 Å². The molecule has 0 amide bonds. The Morgan fingerprint density at radius 2 is 2.10 bits per heavy atom. The van der Waals surface area contributed by atoms with Crippen molar-refractivity contribution in [1.82, 2.24) is 0 Å². The standard InChI is InChI=1S/C15H18Cl2O3/c1-4-9-15(16,17)10-8-11-12(14(18)20-3)6-5-7-13(11)19-2/h4-7H,1,8-10H2,2-3H3. The molecule has 0 spiro atoms. The van der Waals surface area contributed by atoms with Gasteiger partial charge in [0.15, 0.2) is 0 Å². The zero-order chi connectivity index (χ0) is 15.2. The lowest BCUT2D eigenvalue weighted by molar-refractivity contribution is 0.0599. The number of carbonyl (C=O) groups excluding carboxylic acids is 1. The molecule has 0 aliphatic carbocycles. The molecule has 5 heteroatoms. The summed E-state index contributed by atoms with van der Waals surface area (Å²) in [6.45, 7) is 3.63. The van der Waals surface area contributed by atoms with Crippen LogP contribution in [0.25, 0.3) is 0 Å². The molecule has 0 aromatic heterocycles. The van der Waals surface area contributed by atoms with E-state index in [0.29, 0.717) is 30.6 Å². The Balaban J connectivity index is 3.02. The second-order valence-electron chi connectivity index (χ2n) is 4.33. The van der Waals surface area contributed by atoms with Crippen LogP contribution < -0.4 is 4.74 Å². The summed E-state index contributed by atoms with van der Waals surface area (Å²) in [5.74, 6) is 0.216. The molecule has 0 N–H and O–H groups in total. The molecule has 1 aromatic carbocycles.